The maximum absolute atomic E-state index is 5.29. The first kappa shape index (κ1) is 15.5. The molecule has 2 aromatic heterocycles. The first-order valence-corrected chi connectivity index (χ1v) is 6.94. The zero-order valence-electron chi connectivity index (χ0n) is 12.8. The minimum atomic E-state index is 0.680. The Morgan fingerprint density at radius 3 is 2.90 bits per heavy atom. The van der Waals surface area contributed by atoms with Gasteiger partial charge in [-0.25, -0.2) is 4.98 Å². The van der Waals surface area contributed by atoms with Crippen LogP contribution in [0.3, 0.4) is 0 Å². The van der Waals surface area contributed by atoms with Crippen molar-refractivity contribution >= 4 is 0 Å². The molecule has 2 rings (SSSR count). The van der Waals surface area contributed by atoms with Crippen LogP contribution in [-0.4, -0.2) is 41.9 Å². The third-order valence-electron chi connectivity index (χ3n) is 3.12. The number of nitrogens with zero attached hydrogens (tertiary/aromatic N) is 3. The van der Waals surface area contributed by atoms with E-state index in [1.165, 1.54) is 0 Å². The van der Waals surface area contributed by atoms with Crippen LogP contribution in [0.4, 0.5) is 0 Å². The molecule has 0 atom stereocenters. The fourth-order valence-corrected chi connectivity index (χ4v) is 2.10. The van der Waals surface area contributed by atoms with Gasteiger partial charge in [0.15, 0.2) is 0 Å². The van der Waals surface area contributed by atoms with Gasteiger partial charge in [-0.15, -0.1) is 0 Å². The third-order valence-corrected chi connectivity index (χ3v) is 3.12. The lowest BCUT2D eigenvalue weighted by atomic mass is 10.3. The van der Waals surface area contributed by atoms with Crippen LogP contribution in [-0.2, 0) is 17.8 Å². The fraction of sp³-hybridized carbons (Fsp3) is 0.467. The molecule has 0 spiro atoms. The molecule has 0 radical (unpaired) electrons. The second-order valence-corrected chi connectivity index (χ2v) is 4.78. The Labute approximate surface area is 125 Å². The van der Waals surface area contributed by atoms with Crippen molar-refractivity contribution in [1.82, 2.24) is 19.9 Å². The molecule has 0 amide bonds. The average Bonchev–Trinajstić information content (AvgIpc) is 2.90. The van der Waals surface area contributed by atoms with Crippen molar-refractivity contribution in [3.05, 3.63) is 41.7 Å². The van der Waals surface area contributed by atoms with Gasteiger partial charge in [0, 0.05) is 43.9 Å². The van der Waals surface area contributed by atoms with Gasteiger partial charge in [-0.1, -0.05) is 0 Å². The molecular weight excluding hydrogens is 268 g/mol. The van der Waals surface area contributed by atoms with E-state index in [9.17, 15) is 0 Å². The molecule has 1 N–H and O–H groups in total. The van der Waals surface area contributed by atoms with Crippen LogP contribution in [0.15, 0.2) is 24.5 Å². The largest absolute Gasteiger partial charge is 0.497 e. The van der Waals surface area contributed by atoms with Crippen molar-refractivity contribution < 1.29 is 9.47 Å². The Kier molecular flexibility index (Phi) is 5.71. The van der Waals surface area contributed by atoms with Gasteiger partial charge in [0.2, 0.25) is 0 Å². The molecule has 6 heteroatoms. The molecule has 21 heavy (non-hydrogen) atoms. The lowest BCUT2D eigenvalue weighted by molar-refractivity contribution is 0.199. The highest BCUT2D eigenvalue weighted by atomic mass is 16.5. The van der Waals surface area contributed by atoms with E-state index in [1.807, 2.05) is 25.3 Å². The molecule has 0 saturated heterocycles. The lowest BCUT2D eigenvalue weighted by Gasteiger charge is -2.10. The summed E-state index contributed by atoms with van der Waals surface area (Å²) in [6.07, 6.45) is 3.77. The molecule has 0 bridgehead atoms. The van der Waals surface area contributed by atoms with Gasteiger partial charge in [0.25, 0.3) is 0 Å². The van der Waals surface area contributed by atoms with Crippen molar-refractivity contribution in [2.75, 3.05) is 27.4 Å². The summed E-state index contributed by atoms with van der Waals surface area (Å²) in [6.45, 7) is 4.85. The van der Waals surface area contributed by atoms with E-state index in [0.29, 0.717) is 19.7 Å². The molecular formula is C15H22N4O2. The number of nitrogens with one attached hydrogen (secondary N) is 1. The first-order valence-electron chi connectivity index (χ1n) is 6.94. The van der Waals surface area contributed by atoms with E-state index in [0.717, 1.165) is 29.5 Å². The normalized spacial score (nSPS) is 10.8. The summed E-state index contributed by atoms with van der Waals surface area (Å²) < 4.78 is 12.4. The molecule has 2 heterocycles. The number of imidazole rings is 1. The van der Waals surface area contributed by atoms with Crippen LogP contribution >= 0.6 is 0 Å². The fourth-order valence-electron chi connectivity index (χ4n) is 2.10. The van der Waals surface area contributed by atoms with Crippen molar-refractivity contribution in [3.63, 3.8) is 0 Å². The second kappa shape index (κ2) is 7.75. The van der Waals surface area contributed by atoms with Crippen LogP contribution in [0.25, 0.3) is 0 Å². The van der Waals surface area contributed by atoms with Crippen molar-refractivity contribution in [2.24, 2.45) is 0 Å². The highest BCUT2D eigenvalue weighted by Crippen LogP contribution is 2.14. The standard InChI is InChI=1S/C15H22N4O2/c1-12-8-14(21-3)9-13(18-12)11-19-6-4-17-15(19)10-16-5-7-20-2/h4,6,8-9,16H,5,7,10-11H2,1-3H3. The topological polar surface area (TPSA) is 61.2 Å². The lowest BCUT2D eigenvalue weighted by Crippen LogP contribution is -2.21. The van der Waals surface area contributed by atoms with Crippen molar-refractivity contribution in [3.8, 4) is 5.75 Å². The quantitative estimate of drug-likeness (QED) is 0.744. The van der Waals surface area contributed by atoms with E-state index in [2.05, 4.69) is 19.9 Å². The van der Waals surface area contributed by atoms with Crippen LogP contribution < -0.4 is 10.1 Å². The summed E-state index contributed by atoms with van der Waals surface area (Å²) in [7, 11) is 3.36. The van der Waals surface area contributed by atoms with Crippen molar-refractivity contribution in [2.45, 2.75) is 20.0 Å². The summed E-state index contributed by atoms with van der Waals surface area (Å²) in [5.74, 6) is 1.81. The summed E-state index contributed by atoms with van der Waals surface area (Å²) in [5, 5.41) is 3.30. The predicted molar refractivity (Wildman–Crippen MR) is 80.4 cm³/mol. The van der Waals surface area contributed by atoms with Crippen LogP contribution in [0.1, 0.15) is 17.2 Å². The number of ether oxygens (including phenoxy) is 2. The van der Waals surface area contributed by atoms with Gasteiger partial charge in [-0.05, 0) is 6.92 Å². The van der Waals surface area contributed by atoms with E-state index in [1.54, 1.807) is 20.4 Å². The van der Waals surface area contributed by atoms with E-state index in [-0.39, 0.29) is 0 Å². The molecule has 0 saturated carbocycles. The number of methoxy groups -OCH3 is 2. The maximum Gasteiger partial charge on any atom is 0.123 e. The van der Waals surface area contributed by atoms with E-state index < -0.39 is 0 Å². The van der Waals surface area contributed by atoms with Gasteiger partial charge in [0.05, 0.1) is 32.5 Å². The Balaban J connectivity index is 2.03. The number of rotatable bonds is 8. The minimum absolute atomic E-state index is 0.680. The molecule has 0 aliphatic carbocycles. The highest BCUT2D eigenvalue weighted by Gasteiger charge is 2.06. The number of hydrogen-bond acceptors (Lipinski definition) is 5. The molecule has 114 valence electrons. The molecule has 2 aromatic rings. The van der Waals surface area contributed by atoms with E-state index >= 15 is 0 Å². The smallest absolute Gasteiger partial charge is 0.123 e. The van der Waals surface area contributed by atoms with Crippen molar-refractivity contribution in [1.29, 1.82) is 0 Å². The number of aromatic nitrogens is 3. The van der Waals surface area contributed by atoms with Gasteiger partial charge in [-0.2, -0.15) is 0 Å². The summed E-state index contributed by atoms with van der Waals surface area (Å²) in [5.41, 5.74) is 1.91. The number of pyridine rings is 1. The number of hydrogen-bond donors (Lipinski definition) is 1. The molecule has 0 unspecified atom stereocenters. The van der Waals surface area contributed by atoms with Gasteiger partial charge >= 0.3 is 0 Å². The Hall–Kier alpha value is -1.92. The Morgan fingerprint density at radius 1 is 1.29 bits per heavy atom. The molecule has 6 nitrogen and oxygen atoms in total. The van der Waals surface area contributed by atoms with Gasteiger partial charge < -0.3 is 19.4 Å². The zero-order valence-corrected chi connectivity index (χ0v) is 12.8. The highest BCUT2D eigenvalue weighted by molar-refractivity contribution is 5.27. The Morgan fingerprint density at radius 2 is 2.14 bits per heavy atom. The monoisotopic (exact) mass is 290 g/mol. The predicted octanol–water partition coefficient (Wildman–Crippen LogP) is 1.38. The Bertz CT molecular complexity index is 569. The summed E-state index contributed by atoms with van der Waals surface area (Å²) in [6, 6.07) is 3.87. The summed E-state index contributed by atoms with van der Waals surface area (Å²) >= 11 is 0. The maximum atomic E-state index is 5.29. The average molecular weight is 290 g/mol. The van der Waals surface area contributed by atoms with Gasteiger partial charge in [0.1, 0.15) is 11.6 Å². The second-order valence-electron chi connectivity index (χ2n) is 4.78. The minimum Gasteiger partial charge on any atom is -0.497 e. The summed E-state index contributed by atoms with van der Waals surface area (Å²) in [4.78, 5) is 8.91. The number of aryl methyl sites for hydroxylation is 1. The molecule has 0 aliphatic heterocycles. The van der Waals surface area contributed by atoms with Crippen LogP contribution in [0.5, 0.6) is 5.75 Å². The first-order chi connectivity index (χ1) is 10.2. The third kappa shape index (κ3) is 4.54. The van der Waals surface area contributed by atoms with Crippen LogP contribution in [0, 0.1) is 6.92 Å². The zero-order chi connectivity index (χ0) is 15.1. The molecule has 0 aliphatic rings. The van der Waals surface area contributed by atoms with Crippen LogP contribution in [0.2, 0.25) is 0 Å². The molecule has 0 fully saturated rings. The SMILES string of the molecule is COCCNCc1nccn1Cc1cc(OC)cc(C)n1. The van der Waals surface area contributed by atoms with Gasteiger partial charge in [-0.3, -0.25) is 4.98 Å². The van der Waals surface area contributed by atoms with E-state index in [4.69, 9.17) is 9.47 Å². The molecule has 0 aromatic carbocycles.